The lowest BCUT2D eigenvalue weighted by Gasteiger charge is -2.43. The van der Waals surface area contributed by atoms with Gasteiger partial charge in [0.1, 0.15) is 11.5 Å². The Morgan fingerprint density at radius 3 is 2.40 bits per heavy atom. The summed E-state index contributed by atoms with van der Waals surface area (Å²) >= 11 is 0. The SMILES string of the molecule is COc1cc2c(c(OC)c1)[C@@H]1CC(=O)N(S(=O)(=O)c3ccc([N+](=O)[O-])cc3)[C@H](C2)C1. The van der Waals surface area contributed by atoms with Gasteiger partial charge in [-0.15, -0.1) is 0 Å². The highest BCUT2D eigenvalue weighted by molar-refractivity contribution is 7.89. The monoisotopic (exact) mass is 432 g/mol. The number of nitro groups is 1. The largest absolute Gasteiger partial charge is 0.497 e. The molecular weight excluding hydrogens is 412 g/mol. The number of sulfonamides is 1. The maximum absolute atomic E-state index is 13.2. The molecular formula is C20H20N2O7S. The molecule has 10 heteroatoms. The molecule has 1 heterocycles. The first-order valence-corrected chi connectivity index (χ1v) is 10.8. The molecule has 0 aromatic heterocycles. The quantitative estimate of drug-likeness (QED) is 0.527. The van der Waals surface area contributed by atoms with Crippen LogP contribution in [0.1, 0.15) is 29.9 Å². The third-order valence-corrected chi connectivity index (χ3v) is 7.57. The molecule has 1 aliphatic heterocycles. The van der Waals surface area contributed by atoms with Gasteiger partial charge in [-0.05, 0) is 42.5 Å². The van der Waals surface area contributed by atoms with Crippen molar-refractivity contribution in [3.63, 3.8) is 0 Å². The zero-order chi connectivity index (χ0) is 21.6. The number of benzene rings is 2. The Morgan fingerprint density at radius 1 is 1.10 bits per heavy atom. The highest BCUT2D eigenvalue weighted by atomic mass is 32.2. The summed E-state index contributed by atoms with van der Waals surface area (Å²) in [5, 5.41) is 10.9. The number of non-ortho nitro benzene ring substituents is 1. The van der Waals surface area contributed by atoms with E-state index in [1.165, 1.54) is 0 Å². The molecule has 2 aromatic carbocycles. The van der Waals surface area contributed by atoms with Crippen molar-refractivity contribution in [1.82, 2.24) is 4.31 Å². The minimum absolute atomic E-state index is 0.0401. The van der Waals surface area contributed by atoms with E-state index >= 15 is 0 Å². The highest BCUT2D eigenvalue weighted by Crippen LogP contribution is 2.47. The smallest absolute Gasteiger partial charge is 0.269 e. The van der Waals surface area contributed by atoms with E-state index in [1.807, 2.05) is 6.07 Å². The van der Waals surface area contributed by atoms with Crippen LogP contribution in [0.5, 0.6) is 11.5 Å². The van der Waals surface area contributed by atoms with Gasteiger partial charge in [0.25, 0.3) is 15.7 Å². The van der Waals surface area contributed by atoms with Gasteiger partial charge in [-0.2, -0.15) is 0 Å². The molecule has 1 amide bonds. The second kappa shape index (κ2) is 7.28. The first-order chi connectivity index (χ1) is 14.3. The summed E-state index contributed by atoms with van der Waals surface area (Å²) in [4.78, 5) is 23.0. The van der Waals surface area contributed by atoms with Crippen molar-refractivity contribution in [2.75, 3.05) is 14.2 Å². The fourth-order valence-electron chi connectivity index (χ4n) is 4.41. The predicted octanol–water partition coefficient (Wildman–Crippen LogP) is 2.63. The lowest BCUT2D eigenvalue weighted by Crippen LogP contribution is -2.51. The van der Waals surface area contributed by atoms with Crippen molar-refractivity contribution in [3.8, 4) is 11.5 Å². The number of hydrogen-bond acceptors (Lipinski definition) is 7. The van der Waals surface area contributed by atoms with Crippen LogP contribution in [0.15, 0.2) is 41.3 Å². The maximum atomic E-state index is 13.2. The molecule has 0 radical (unpaired) electrons. The van der Waals surface area contributed by atoms with Gasteiger partial charge >= 0.3 is 0 Å². The molecule has 1 aliphatic carbocycles. The molecule has 0 spiro atoms. The average molecular weight is 432 g/mol. The number of fused-ring (bicyclic) bond motifs is 4. The van der Waals surface area contributed by atoms with Crippen molar-refractivity contribution >= 4 is 21.6 Å². The van der Waals surface area contributed by atoms with Crippen LogP contribution in [-0.4, -0.2) is 43.8 Å². The minimum Gasteiger partial charge on any atom is -0.497 e. The Kier molecular flexibility index (Phi) is 4.89. The highest BCUT2D eigenvalue weighted by Gasteiger charge is 2.46. The Labute approximate surface area is 173 Å². The van der Waals surface area contributed by atoms with Crippen molar-refractivity contribution in [2.24, 2.45) is 0 Å². The molecule has 0 saturated carbocycles. The topological polar surface area (TPSA) is 116 Å². The number of methoxy groups -OCH3 is 2. The van der Waals surface area contributed by atoms with E-state index in [0.29, 0.717) is 24.3 Å². The molecule has 2 bridgehead atoms. The van der Waals surface area contributed by atoms with E-state index in [-0.39, 0.29) is 22.9 Å². The molecule has 1 saturated heterocycles. The number of hydrogen-bond donors (Lipinski definition) is 0. The number of carbonyl (C=O) groups excluding carboxylic acids is 1. The fraction of sp³-hybridized carbons (Fsp3) is 0.350. The lowest BCUT2D eigenvalue weighted by atomic mass is 9.75. The molecule has 2 aliphatic rings. The third-order valence-electron chi connectivity index (χ3n) is 5.68. The molecule has 4 rings (SSSR count). The van der Waals surface area contributed by atoms with Crippen molar-refractivity contribution in [3.05, 3.63) is 57.6 Å². The molecule has 1 fully saturated rings. The molecule has 158 valence electrons. The van der Waals surface area contributed by atoms with Crippen LogP contribution in [0, 0.1) is 10.1 Å². The number of piperidine rings is 1. The Bertz CT molecular complexity index is 1130. The second-order valence-electron chi connectivity index (χ2n) is 7.34. The lowest BCUT2D eigenvalue weighted by molar-refractivity contribution is -0.384. The van der Waals surface area contributed by atoms with E-state index in [4.69, 9.17) is 9.47 Å². The summed E-state index contributed by atoms with van der Waals surface area (Å²) in [6.07, 6.45) is 0.878. The Hall–Kier alpha value is -3.14. The van der Waals surface area contributed by atoms with Crippen LogP contribution in [0.4, 0.5) is 5.69 Å². The number of ether oxygens (including phenoxy) is 2. The molecule has 9 nitrogen and oxygen atoms in total. The third kappa shape index (κ3) is 3.17. The Morgan fingerprint density at radius 2 is 1.80 bits per heavy atom. The van der Waals surface area contributed by atoms with Gasteiger partial charge in [-0.25, -0.2) is 12.7 Å². The summed E-state index contributed by atoms with van der Waals surface area (Å²) in [6.45, 7) is 0. The summed E-state index contributed by atoms with van der Waals surface area (Å²) in [7, 11) is -1.05. The summed E-state index contributed by atoms with van der Waals surface area (Å²) in [5.74, 6) is 0.600. The van der Waals surface area contributed by atoms with Gasteiger partial charge in [0.05, 0.1) is 30.1 Å². The molecule has 0 unspecified atom stereocenters. The molecule has 2 aromatic rings. The summed E-state index contributed by atoms with van der Waals surface area (Å²) in [5.41, 5.74) is 1.60. The van der Waals surface area contributed by atoms with Crippen LogP contribution in [0.25, 0.3) is 0 Å². The minimum atomic E-state index is -4.14. The Balaban J connectivity index is 1.73. The van der Waals surface area contributed by atoms with E-state index in [0.717, 1.165) is 39.7 Å². The number of carbonyl (C=O) groups is 1. The number of rotatable bonds is 5. The van der Waals surface area contributed by atoms with Crippen LogP contribution < -0.4 is 9.47 Å². The van der Waals surface area contributed by atoms with Crippen LogP contribution >= 0.6 is 0 Å². The predicted molar refractivity (Wildman–Crippen MR) is 106 cm³/mol. The number of amides is 1. The first-order valence-electron chi connectivity index (χ1n) is 9.32. The molecule has 2 atom stereocenters. The van der Waals surface area contributed by atoms with Crippen molar-refractivity contribution in [1.29, 1.82) is 0 Å². The van der Waals surface area contributed by atoms with Gasteiger partial charge in [-0.3, -0.25) is 14.9 Å². The first kappa shape index (κ1) is 20.1. The van der Waals surface area contributed by atoms with Gasteiger partial charge in [0.15, 0.2) is 0 Å². The van der Waals surface area contributed by atoms with Crippen LogP contribution in [-0.2, 0) is 21.2 Å². The number of nitro benzene ring substituents is 1. The standard InChI is InChI=1S/C20H20N2O7S/c1-28-16-9-12-7-15-8-13(20(12)18(11-16)29-2)10-19(23)21(15)30(26,27)17-5-3-14(4-6-17)22(24)25/h3-6,9,11,13,15H,7-8,10H2,1-2H3/t13-,15+/m0/s1. The second-order valence-corrected chi connectivity index (χ2v) is 9.16. The van der Waals surface area contributed by atoms with Gasteiger partial charge < -0.3 is 9.47 Å². The van der Waals surface area contributed by atoms with E-state index < -0.39 is 26.9 Å². The average Bonchev–Trinajstić information content (AvgIpc) is 2.72. The van der Waals surface area contributed by atoms with Gasteiger partial charge in [0, 0.05) is 30.2 Å². The van der Waals surface area contributed by atoms with E-state index in [1.54, 1.807) is 20.3 Å². The molecule has 30 heavy (non-hydrogen) atoms. The van der Waals surface area contributed by atoms with Gasteiger partial charge in [0.2, 0.25) is 5.91 Å². The van der Waals surface area contributed by atoms with Crippen LogP contribution in [0.2, 0.25) is 0 Å². The maximum Gasteiger partial charge on any atom is 0.269 e. The number of nitrogens with zero attached hydrogens (tertiary/aromatic N) is 2. The summed E-state index contributed by atoms with van der Waals surface area (Å²) < 4.78 is 38.2. The normalized spacial score (nSPS) is 20.5. The van der Waals surface area contributed by atoms with E-state index in [9.17, 15) is 23.3 Å². The molecule has 0 N–H and O–H groups in total. The van der Waals surface area contributed by atoms with Crippen LogP contribution in [0.3, 0.4) is 0 Å². The fourth-order valence-corrected chi connectivity index (χ4v) is 6.01. The van der Waals surface area contributed by atoms with Crippen molar-refractivity contribution in [2.45, 2.75) is 36.1 Å². The zero-order valence-corrected chi connectivity index (χ0v) is 17.2. The zero-order valence-electron chi connectivity index (χ0n) is 16.4. The summed E-state index contributed by atoms with van der Waals surface area (Å²) in [6, 6.07) is 7.64. The van der Waals surface area contributed by atoms with Crippen molar-refractivity contribution < 1.29 is 27.6 Å². The van der Waals surface area contributed by atoms with E-state index in [2.05, 4.69) is 0 Å². The van der Waals surface area contributed by atoms with Gasteiger partial charge in [-0.1, -0.05) is 0 Å².